The number of nitrogens with one attached hydrogen (secondary N) is 1. The van der Waals surface area contributed by atoms with E-state index in [1.54, 1.807) is 36.7 Å². The first-order chi connectivity index (χ1) is 10.1. The Labute approximate surface area is 134 Å². The third kappa shape index (κ3) is 4.86. The van der Waals surface area contributed by atoms with Gasteiger partial charge in [0.2, 0.25) is 0 Å². The molecule has 6 heteroatoms. The van der Waals surface area contributed by atoms with E-state index in [1.165, 1.54) is 13.0 Å². The molecule has 1 heterocycles. The molecule has 0 unspecified atom stereocenters. The van der Waals surface area contributed by atoms with Crippen molar-refractivity contribution in [2.75, 3.05) is 5.32 Å². The zero-order valence-electron chi connectivity index (χ0n) is 11.3. The highest BCUT2D eigenvalue weighted by atomic mass is 35.5. The summed E-state index contributed by atoms with van der Waals surface area (Å²) in [7, 11) is 0. The third-order valence-corrected chi connectivity index (χ3v) is 3.00. The minimum Gasteiger partial charge on any atom is -0.444 e. The number of carbonyl (C=O) groups excluding carboxylic acids is 2. The fourth-order valence-corrected chi connectivity index (χ4v) is 1.98. The van der Waals surface area contributed by atoms with Gasteiger partial charge in [-0.2, -0.15) is 0 Å². The van der Waals surface area contributed by atoms with Crippen LogP contribution in [0.5, 0.6) is 0 Å². The van der Waals surface area contributed by atoms with Crippen molar-refractivity contribution in [2.24, 2.45) is 0 Å². The molecule has 116 valence electrons. The van der Waals surface area contributed by atoms with Gasteiger partial charge in [-0.25, -0.2) is 4.79 Å². The van der Waals surface area contributed by atoms with Crippen LogP contribution in [0.15, 0.2) is 42.7 Å². The van der Waals surface area contributed by atoms with Crippen molar-refractivity contribution in [3.63, 3.8) is 0 Å². The maximum atomic E-state index is 11.7. The Morgan fingerprint density at radius 1 is 1.32 bits per heavy atom. The van der Waals surface area contributed by atoms with E-state index in [9.17, 15) is 9.59 Å². The van der Waals surface area contributed by atoms with Crippen LogP contribution < -0.4 is 5.32 Å². The Morgan fingerprint density at radius 3 is 2.68 bits per heavy atom. The number of Topliss-reactive ketones (excluding diaryl/α,β-unsaturated/α-hetero) is 1. The summed E-state index contributed by atoms with van der Waals surface area (Å²) in [5, 5.41) is 2.83. The molecule has 1 aromatic carbocycles. The predicted molar refractivity (Wildman–Crippen MR) is 86.2 cm³/mol. The molecule has 2 rings (SSSR count). The van der Waals surface area contributed by atoms with Gasteiger partial charge in [0.25, 0.3) is 0 Å². The number of aromatic nitrogens is 1. The molecule has 0 radical (unpaired) electrons. The zero-order chi connectivity index (χ0) is 15.2. The van der Waals surface area contributed by atoms with Crippen molar-refractivity contribution < 1.29 is 14.3 Å². The molecule has 0 aliphatic heterocycles. The number of carbonyl (C=O) groups is 2. The maximum absolute atomic E-state index is 11.7. The molecule has 0 bridgehead atoms. The first-order valence-corrected chi connectivity index (χ1v) is 6.57. The number of anilines is 1. The van der Waals surface area contributed by atoms with E-state index in [0.717, 1.165) is 5.56 Å². The van der Waals surface area contributed by atoms with Gasteiger partial charge in [0.1, 0.15) is 6.61 Å². The smallest absolute Gasteiger partial charge is 0.411 e. The molecular weight excluding hydrogens is 304 g/mol. The van der Waals surface area contributed by atoms with Crippen molar-refractivity contribution in [3.8, 4) is 0 Å². The second-order valence-electron chi connectivity index (χ2n) is 4.31. The van der Waals surface area contributed by atoms with Gasteiger partial charge in [-0.15, -0.1) is 0 Å². The summed E-state index contributed by atoms with van der Waals surface area (Å²) in [6.45, 7) is 1.55. The molecule has 0 saturated carbocycles. The third-order valence-electron chi connectivity index (χ3n) is 2.69. The summed E-state index contributed by atoms with van der Waals surface area (Å²) in [5.41, 5.74) is 1.66. The Bertz CT molecular complexity index is 660. The molecule has 5 nitrogen and oxygen atoms in total. The molecular formula is C16H17ClN2O3. The summed E-state index contributed by atoms with van der Waals surface area (Å²) in [6.07, 6.45) is 2.65. The molecule has 1 N–H and O–H groups in total. The highest BCUT2D eigenvalue weighted by molar-refractivity contribution is 6.34. The molecule has 0 fully saturated rings. The number of ketones is 1. The van der Waals surface area contributed by atoms with Crippen LogP contribution in [0, 0.1) is 0 Å². The lowest BCUT2D eigenvalue weighted by atomic mass is 10.1. The largest absolute Gasteiger partial charge is 0.444 e. The fraction of sp³-hybridized carbons (Fsp3) is 0.188. The first kappa shape index (κ1) is 17.7. The van der Waals surface area contributed by atoms with Crippen LogP contribution in [0.4, 0.5) is 10.5 Å². The number of amides is 1. The van der Waals surface area contributed by atoms with E-state index in [4.69, 9.17) is 16.3 Å². The predicted octanol–water partition coefficient (Wildman–Crippen LogP) is 4.32. The molecule has 0 spiro atoms. The van der Waals surface area contributed by atoms with Crippen LogP contribution in [0.25, 0.3) is 0 Å². The number of hydrogen-bond acceptors (Lipinski definition) is 4. The Hall–Kier alpha value is -2.40. The highest BCUT2D eigenvalue weighted by Gasteiger charge is 2.09. The highest BCUT2D eigenvalue weighted by Crippen LogP contribution is 2.21. The monoisotopic (exact) mass is 320 g/mol. The summed E-state index contributed by atoms with van der Waals surface area (Å²) in [6, 6.07) is 8.22. The molecule has 0 atom stereocenters. The van der Waals surface area contributed by atoms with E-state index < -0.39 is 6.09 Å². The van der Waals surface area contributed by atoms with E-state index in [-0.39, 0.29) is 24.8 Å². The van der Waals surface area contributed by atoms with Gasteiger partial charge in [-0.1, -0.05) is 25.1 Å². The fourth-order valence-electron chi connectivity index (χ4n) is 1.66. The lowest BCUT2D eigenvalue weighted by Gasteiger charge is -2.08. The first-order valence-electron chi connectivity index (χ1n) is 6.19. The van der Waals surface area contributed by atoms with E-state index in [0.29, 0.717) is 11.3 Å². The lowest BCUT2D eigenvalue weighted by Crippen LogP contribution is -2.13. The summed E-state index contributed by atoms with van der Waals surface area (Å²) in [4.78, 5) is 26.8. The van der Waals surface area contributed by atoms with Crippen LogP contribution in [-0.2, 0) is 11.3 Å². The molecule has 1 aromatic heterocycles. The maximum Gasteiger partial charge on any atom is 0.411 e. The Morgan fingerprint density at radius 2 is 2.09 bits per heavy atom. The minimum atomic E-state index is -0.606. The van der Waals surface area contributed by atoms with Crippen LogP contribution in [-0.4, -0.2) is 16.9 Å². The van der Waals surface area contributed by atoms with Crippen molar-refractivity contribution >= 4 is 29.2 Å². The van der Waals surface area contributed by atoms with Crippen molar-refractivity contribution in [1.29, 1.82) is 0 Å². The van der Waals surface area contributed by atoms with Gasteiger partial charge < -0.3 is 4.74 Å². The van der Waals surface area contributed by atoms with Crippen molar-refractivity contribution in [1.82, 2.24) is 4.98 Å². The quantitative estimate of drug-likeness (QED) is 0.852. The van der Waals surface area contributed by atoms with Gasteiger partial charge in [0.15, 0.2) is 5.78 Å². The molecule has 0 aliphatic carbocycles. The van der Waals surface area contributed by atoms with Crippen molar-refractivity contribution in [2.45, 2.75) is 21.0 Å². The van der Waals surface area contributed by atoms with Crippen LogP contribution in [0.2, 0.25) is 5.02 Å². The van der Waals surface area contributed by atoms with Gasteiger partial charge in [0.05, 0.1) is 5.02 Å². The van der Waals surface area contributed by atoms with E-state index in [2.05, 4.69) is 10.3 Å². The molecule has 0 aliphatic rings. The van der Waals surface area contributed by atoms with Crippen molar-refractivity contribution in [3.05, 3.63) is 58.9 Å². The molecule has 22 heavy (non-hydrogen) atoms. The normalized spacial score (nSPS) is 9.55. The van der Waals surface area contributed by atoms with E-state index in [1.807, 2.05) is 0 Å². The summed E-state index contributed by atoms with van der Waals surface area (Å²) < 4.78 is 5.05. The van der Waals surface area contributed by atoms with E-state index >= 15 is 0 Å². The number of nitrogens with zero attached hydrogens (tertiary/aromatic N) is 1. The summed E-state index contributed by atoms with van der Waals surface area (Å²) in [5.74, 6) is -0.134. The van der Waals surface area contributed by atoms with Crippen LogP contribution in [0.1, 0.15) is 30.3 Å². The van der Waals surface area contributed by atoms with Crippen LogP contribution >= 0.6 is 11.6 Å². The van der Waals surface area contributed by atoms with Gasteiger partial charge >= 0.3 is 6.09 Å². The number of rotatable bonds is 4. The average Bonchev–Trinajstić information content (AvgIpc) is 2.46. The van der Waals surface area contributed by atoms with Gasteiger partial charge in [-0.05, 0) is 31.2 Å². The molecule has 1 amide bonds. The Kier molecular flexibility index (Phi) is 6.53. The molecule has 2 aromatic rings. The van der Waals surface area contributed by atoms with Crippen LogP contribution in [0.3, 0.4) is 0 Å². The number of halogens is 1. The topological polar surface area (TPSA) is 68.3 Å². The second-order valence-corrected chi connectivity index (χ2v) is 4.72. The number of pyridine rings is 1. The van der Waals surface area contributed by atoms with Gasteiger partial charge in [-0.3, -0.25) is 15.1 Å². The Balaban J connectivity index is 0.00000242. The zero-order valence-corrected chi connectivity index (χ0v) is 12.1. The number of benzene rings is 1. The van der Waals surface area contributed by atoms with Gasteiger partial charge in [0, 0.05) is 29.2 Å². The minimum absolute atomic E-state index is 0. The number of hydrogen-bond donors (Lipinski definition) is 1. The molecule has 0 saturated heterocycles. The average molecular weight is 321 g/mol. The standard InChI is InChI=1S/C15H13ClN2O3.CH4/c1-10(19)13-5-4-12(7-14(13)16)18-15(20)21-9-11-3-2-6-17-8-11;/h2-8H,9H2,1H3,(H,18,20);1H4. The SMILES string of the molecule is C.CC(=O)c1ccc(NC(=O)OCc2cccnc2)cc1Cl. The summed E-state index contributed by atoms with van der Waals surface area (Å²) >= 11 is 5.96. The lowest BCUT2D eigenvalue weighted by molar-refractivity contribution is 0.101. The second kappa shape index (κ2) is 8.14. The number of ether oxygens (including phenoxy) is 1.